The maximum absolute atomic E-state index is 13.3. The molecule has 6 nitrogen and oxygen atoms in total. The Hall–Kier alpha value is -2.41. The summed E-state index contributed by atoms with van der Waals surface area (Å²) in [5, 5.41) is 13.8. The Kier molecular flexibility index (Phi) is 7.13. The monoisotopic (exact) mass is 451 g/mol. The predicted molar refractivity (Wildman–Crippen MR) is 130 cm³/mol. The van der Waals surface area contributed by atoms with E-state index in [0.717, 1.165) is 89.3 Å². The number of hydrogen-bond donors (Lipinski definition) is 1. The van der Waals surface area contributed by atoms with Crippen LogP contribution in [0, 0.1) is 12.8 Å². The summed E-state index contributed by atoms with van der Waals surface area (Å²) in [6.45, 7) is 8.01. The zero-order valence-corrected chi connectivity index (χ0v) is 20.4. The second-order valence-electron chi connectivity index (χ2n) is 9.11. The van der Waals surface area contributed by atoms with Gasteiger partial charge in [-0.2, -0.15) is 0 Å². The van der Waals surface area contributed by atoms with Gasteiger partial charge < -0.3 is 9.88 Å². The van der Waals surface area contributed by atoms with Crippen LogP contribution in [-0.2, 0) is 25.8 Å². The van der Waals surface area contributed by atoms with Crippen molar-refractivity contribution in [1.82, 2.24) is 25.1 Å². The van der Waals surface area contributed by atoms with E-state index in [2.05, 4.69) is 53.0 Å². The van der Waals surface area contributed by atoms with Crippen LogP contribution in [0.2, 0.25) is 0 Å². The van der Waals surface area contributed by atoms with Gasteiger partial charge in [-0.1, -0.05) is 37.2 Å². The van der Waals surface area contributed by atoms with Crippen molar-refractivity contribution in [2.24, 2.45) is 5.92 Å². The molecule has 0 saturated carbocycles. The first-order valence-corrected chi connectivity index (χ1v) is 12.9. The largest absolute Gasteiger partial charge is 0.352 e. The van der Waals surface area contributed by atoms with Crippen LogP contribution in [0.4, 0.5) is 0 Å². The summed E-state index contributed by atoms with van der Waals surface area (Å²) < 4.78 is 2.21. The Balaban J connectivity index is 1.49. The third-order valence-corrected chi connectivity index (χ3v) is 6.70. The molecule has 0 saturated heterocycles. The molecular formula is C25H33N5OS. The molecule has 0 unspecified atom stereocenters. The summed E-state index contributed by atoms with van der Waals surface area (Å²) in [6.07, 6.45) is 7.83. The van der Waals surface area contributed by atoms with Crippen LogP contribution in [-0.4, -0.2) is 38.5 Å². The van der Waals surface area contributed by atoms with Gasteiger partial charge in [0.05, 0.1) is 11.1 Å². The maximum Gasteiger partial charge on any atom is 0.252 e. The molecule has 1 aliphatic rings. The van der Waals surface area contributed by atoms with E-state index in [9.17, 15) is 4.79 Å². The van der Waals surface area contributed by atoms with Crippen LogP contribution >= 0.6 is 11.8 Å². The Labute approximate surface area is 194 Å². The molecule has 4 rings (SSSR count). The fraction of sp³-hybridized carbons (Fsp3) is 0.520. The number of amides is 1. The second-order valence-corrected chi connectivity index (χ2v) is 9.88. The lowest BCUT2D eigenvalue weighted by atomic mass is 9.89. The van der Waals surface area contributed by atoms with Gasteiger partial charge in [-0.15, -0.1) is 10.2 Å². The lowest BCUT2D eigenvalue weighted by molar-refractivity contribution is 0.0953. The molecule has 0 atom stereocenters. The Morgan fingerprint density at radius 2 is 2.03 bits per heavy atom. The molecule has 2 heterocycles. The van der Waals surface area contributed by atoms with E-state index in [1.54, 1.807) is 11.8 Å². The van der Waals surface area contributed by atoms with E-state index in [1.807, 2.05) is 12.3 Å². The molecule has 0 aliphatic heterocycles. The van der Waals surface area contributed by atoms with Gasteiger partial charge in [-0.25, -0.2) is 0 Å². The van der Waals surface area contributed by atoms with Crippen molar-refractivity contribution < 1.29 is 4.79 Å². The molecule has 170 valence electrons. The van der Waals surface area contributed by atoms with Gasteiger partial charge in [0.2, 0.25) is 0 Å². The van der Waals surface area contributed by atoms with E-state index in [0.29, 0.717) is 12.5 Å². The molecule has 1 aromatic carbocycles. The van der Waals surface area contributed by atoms with Crippen molar-refractivity contribution in [3.63, 3.8) is 0 Å². The van der Waals surface area contributed by atoms with E-state index in [-0.39, 0.29) is 5.91 Å². The van der Waals surface area contributed by atoms with Gasteiger partial charge in [0.1, 0.15) is 5.82 Å². The lowest BCUT2D eigenvalue weighted by Gasteiger charge is -2.20. The highest BCUT2D eigenvalue weighted by molar-refractivity contribution is 7.98. The van der Waals surface area contributed by atoms with E-state index < -0.39 is 0 Å². The molecule has 3 aromatic rings. The van der Waals surface area contributed by atoms with Crippen LogP contribution in [0.3, 0.4) is 0 Å². The number of benzene rings is 1. The van der Waals surface area contributed by atoms with Crippen LogP contribution < -0.4 is 5.32 Å². The minimum atomic E-state index is 0.0228. The molecule has 0 spiro atoms. The summed E-state index contributed by atoms with van der Waals surface area (Å²) in [7, 11) is 0. The van der Waals surface area contributed by atoms with E-state index in [4.69, 9.17) is 4.98 Å². The highest BCUT2D eigenvalue weighted by atomic mass is 32.2. The van der Waals surface area contributed by atoms with Crippen molar-refractivity contribution >= 4 is 28.6 Å². The first kappa shape index (κ1) is 22.8. The Morgan fingerprint density at radius 1 is 1.22 bits per heavy atom. The van der Waals surface area contributed by atoms with Crippen molar-refractivity contribution in [3.05, 3.63) is 46.4 Å². The molecule has 1 amide bonds. The SMILES string of the molecule is CSc1nnc(CCCNC(=O)c2c3c(nc4ccc(C)cc24)CCCC3)n1CC(C)C. The van der Waals surface area contributed by atoms with Crippen molar-refractivity contribution in [3.8, 4) is 0 Å². The Bertz CT molecular complexity index is 1120. The maximum atomic E-state index is 13.3. The lowest BCUT2D eigenvalue weighted by Crippen LogP contribution is -2.27. The predicted octanol–water partition coefficient (Wildman–Crippen LogP) is 4.75. The summed E-state index contributed by atoms with van der Waals surface area (Å²) in [5.41, 5.74) is 5.16. The van der Waals surface area contributed by atoms with Gasteiger partial charge in [0.15, 0.2) is 5.16 Å². The molecule has 1 N–H and O–H groups in total. The number of rotatable bonds is 8. The number of carbonyl (C=O) groups excluding carboxylic acids is 1. The second kappa shape index (κ2) is 10.0. The number of thioether (sulfide) groups is 1. The van der Waals surface area contributed by atoms with Gasteiger partial charge in [0.25, 0.3) is 5.91 Å². The third-order valence-electron chi connectivity index (χ3n) is 6.03. The summed E-state index contributed by atoms with van der Waals surface area (Å²) in [4.78, 5) is 18.2. The number of carbonyl (C=O) groups is 1. The summed E-state index contributed by atoms with van der Waals surface area (Å²) >= 11 is 1.63. The van der Waals surface area contributed by atoms with Gasteiger partial charge in [0, 0.05) is 30.6 Å². The van der Waals surface area contributed by atoms with Gasteiger partial charge in [-0.3, -0.25) is 9.78 Å². The van der Waals surface area contributed by atoms with Crippen molar-refractivity contribution in [2.75, 3.05) is 12.8 Å². The molecule has 0 bridgehead atoms. The first-order chi connectivity index (χ1) is 15.5. The number of fused-ring (bicyclic) bond motifs is 2. The summed E-state index contributed by atoms with van der Waals surface area (Å²) in [5.74, 6) is 1.55. The zero-order valence-electron chi connectivity index (χ0n) is 19.6. The summed E-state index contributed by atoms with van der Waals surface area (Å²) in [6, 6.07) is 6.22. The minimum absolute atomic E-state index is 0.0228. The number of hydrogen-bond acceptors (Lipinski definition) is 5. The molecular weight excluding hydrogens is 418 g/mol. The molecule has 0 fully saturated rings. The van der Waals surface area contributed by atoms with Crippen LogP contribution in [0.1, 0.15) is 66.1 Å². The number of aryl methyl sites for hydroxylation is 3. The topological polar surface area (TPSA) is 72.7 Å². The van der Waals surface area contributed by atoms with Crippen LogP contribution in [0.15, 0.2) is 23.4 Å². The fourth-order valence-corrected chi connectivity index (χ4v) is 5.06. The molecule has 32 heavy (non-hydrogen) atoms. The number of aromatic nitrogens is 4. The molecule has 0 radical (unpaired) electrons. The fourth-order valence-electron chi connectivity index (χ4n) is 4.54. The van der Waals surface area contributed by atoms with Gasteiger partial charge >= 0.3 is 0 Å². The average molecular weight is 452 g/mol. The number of nitrogens with zero attached hydrogens (tertiary/aromatic N) is 4. The Morgan fingerprint density at radius 3 is 2.81 bits per heavy atom. The average Bonchev–Trinajstić information content (AvgIpc) is 3.15. The van der Waals surface area contributed by atoms with E-state index in [1.165, 1.54) is 0 Å². The smallest absolute Gasteiger partial charge is 0.252 e. The highest BCUT2D eigenvalue weighted by Crippen LogP contribution is 2.30. The molecule has 1 aliphatic carbocycles. The third kappa shape index (κ3) is 4.82. The van der Waals surface area contributed by atoms with E-state index >= 15 is 0 Å². The van der Waals surface area contributed by atoms with Crippen LogP contribution in [0.25, 0.3) is 10.9 Å². The quantitative estimate of drug-likeness (QED) is 0.395. The number of nitrogens with one attached hydrogen (secondary N) is 1. The van der Waals surface area contributed by atoms with Crippen LogP contribution in [0.5, 0.6) is 0 Å². The standard InChI is InChI=1S/C25H33N5OS/c1-16(2)15-30-22(28-29-25(30)32-4)10-7-13-26-24(31)23-18-8-5-6-9-20(18)27-21-12-11-17(3)14-19(21)23/h11-12,14,16H,5-10,13,15H2,1-4H3,(H,26,31). The molecule has 2 aromatic heterocycles. The van der Waals surface area contributed by atoms with Crippen molar-refractivity contribution in [2.45, 2.75) is 71.0 Å². The van der Waals surface area contributed by atoms with Gasteiger partial charge in [-0.05, 0) is 68.9 Å². The highest BCUT2D eigenvalue weighted by Gasteiger charge is 2.22. The minimum Gasteiger partial charge on any atom is -0.352 e. The number of pyridine rings is 1. The molecule has 7 heteroatoms. The normalized spacial score (nSPS) is 13.5. The van der Waals surface area contributed by atoms with Crippen molar-refractivity contribution in [1.29, 1.82) is 0 Å². The zero-order chi connectivity index (χ0) is 22.7. The first-order valence-electron chi connectivity index (χ1n) is 11.6.